The minimum atomic E-state index is -0.949. The first-order valence-corrected chi connectivity index (χ1v) is 7.93. The Bertz CT molecular complexity index is 793. The number of methoxy groups -OCH3 is 1. The van der Waals surface area contributed by atoms with Gasteiger partial charge in [-0.25, -0.2) is 4.79 Å². The van der Waals surface area contributed by atoms with Gasteiger partial charge < -0.3 is 34.5 Å². The lowest BCUT2D eigenvalue weighted by atomic mass is 10.1. The highest BCUT2D eigenvalue weighted by Gasteiger charge is 2.16. The molecule has 2 aromatic carbocycles. The first-order valence-electron chi connectivity index (χ1n) is 7.93. The Balaban J connectivity index is 1.85. The number of carbonyl (C=O) groups excluding carboxylic acids is 1. The van der Waals surface area contributed by atoms with E-state index in [1.807, 2.05) is 0 Å². The molecule has 0 fully saturated rings. The maximum atomic E-state index is 11.7. The van der Waals surface area contributed by atoms with Crippen LogP contribution in [0.1, 0.15) is 10.4 Å². The van der Waals surface area contributed by atoms with Gasteiger partial charge in [0.1, 0.15) is 5.75 Å². The van der Waals surface area contributed by atoms with Gasteiger partial charge in [-0.2, -0.15) is 0 Å². The van der Waals surface area contributed by atoms with Crippen molar-refractivity contribution in [2.24, 2.45) is 0 Å². The summed E-state index contributed by atoms with van der Waals surface area (Å²) in [5, 5.41) is 21.5. The molecular weight excluding hydrogens is 342 g/mol. The fourth-order valence-corrected chi connectivity index (χ4v) is 2.36. The van der Waals surface area contributed by atoms with Gasteiger partial charge in [0, 0.05) is 12.6 Å². The summed E-state index contributed by atoms with van der Waals surface area (Å²) in [5.41, 5.74) is 0.796. The Morgan fingerprint density at radius 3 is 2.81 bits per heavy atom. The van der Waals surface area contributed by atoms with Crippen LogP contribution in [0.25, 0.3) is 0 Å². The Morgan fingerprint density at radius 1 is 1.23 bits per heavy atom. The van der Waals surface area contributed by atoms with E-state index in [4.69, 9.17) is 24.1 Å². The minimum absolute atomic E-state index is 0.0820. The number of esters is 1. The molecule has 1 heterocycles. The van der Waals surface area contributed by atoms with E-state index in [0.29, 0.717) is 34.2 Å². The van der Waals surface area contributed by atoms with Crippen LogP contribution in [0.15, 0.2) is 36.4 Å². The van der Waals surface area contributed by atoms with E-state index >= 15 is 0 Å². The molecule has 0 spiro atoms. The molecule has 0 radical (unpaired) electrons. The number of benzene rings is 2. The number of aliphatic hydroxyl groups is 2. The largest absolute Gasteiger partial charge is 0.465 e. The monoisotopic (exact) mass is 361 g/mol. The number of nitrogens with one attached hydrogen (secondary N) is 1. The highest BCUT2D eigenvalue weighted by atomic mass is 16.7. The van der Waals surface area contributed by atoms with Crippen LogP contribution in [0, 0.1) is 0 Å². The summed E-state index contributed by atoms with van der Waals surface area (Å²) in [6.45, 7) is -0.140. The third-order valence-electron chi connectivity index (χ3n) is 3.71. The van der Waals surface area contributed by atoms with Crippen molar-refractivity contribution >= 4 is 11.7 Å². The molecule has 8 nitrogen and oxygen atoms in total. The average Bonchev–Trinajstić information content (AvgIpc) is 3.14. The van der Waals surface area contributed by atoms with Crippen LogP contribution in [0.2, 0.25) is 0 Å². The van der Waals surface area contributed by atoms with Crippen molar-refractivity contribution in [1.82, 2.24) is 0 Å². The fraction of sp³-hybridized carbons (Fsp3) is 0.278. The molecule has 1 aliphatic heterocycles. The van der Waals surface area contributed by atoms with Gasteiger partial charge in [-0.3, -0.25) is 0 Å². The molecule has 0 saturated carbocycles. The van der Waals surface area contributed by atoms with Crippen LogP contribution < -0.4 is 19.5 Å². The number of fused-ring (bicyclic) bond motifs is 1. The molecule has 26 heavy (non-hydrogen) atoms. The van der Waals surface area contributed by atoms with Gasteiger partial charge in [0.25, 0.3) is 0 Å². The van der Waals surface area contributed by atoms with Crippen LogP contribution in [0.4, 0.5) is 5.69 Å². The molecule has 0 bridgehead atoms. The van der Waals surface area contributed by atoms with Crippen molar-refractivity contribution in [1.29, 1.82) is 0 Å². The molecular formula is C18H19NO7. The van der Waals surface area contributed by atoms with Crippen molar-refractivity contribution in [2.75, 3.05) is 32.4 Å². The summed E-state index contributed by atoms with van der Waals surface area (Å²) in [5.74, 6) is 1.68. The van der Waals surface area contributed by atoms with Crippen molar-refractivity contribution in [3.8, 4) is 23.0 Å². The first-order chi connectivity index (χ1) is 12.6. The van der Waals surface area contributed by atoms with Crippen molar-refractivity contribution < 1.29 is 34.0 Å². The normalized spacial score (nSPS) is 13.2. The lowest BCUT2D eigenvalue weighted by Gasteiger charge is -2.16. The average molecular weight is 361 g/mol. The maximum Gasteiger partial charge on any atom is 0.337 e. The molecule has 0 aromatic heterocycles. The number of ether oxygens (including phenoxy) is 4. The number of carbonyl (C=O) groups is 1. The van der Waals surface area contributed by atoms with Crippen LogP contribution in [-0.4, -0.2) is 49.3 Å². The van der Waals surface area contributed by atoms with Gasteiger partial charge in [0.2, 0.25) is 6.79 Å². The van der Waals surface area contributed by atoms with Crippen LogP contribution in [0.3, 0.4) is 0 Å². The molecule has 0 amide bonds. The number of hydrogen-bond donors (Lipinski definition) is 3. The summed E-state index contributed by atoms with van der Waals surface area (Å²) in [7, 11) is 1.29. The van der Waals surface area contributed by atoms with Crippen molar-refractivity contribution in [2.45, 2.75) is 6.10 Å². The topological polar surface area (TPSA) is 106 Å². The zero-order valence-electron chi connectivity index (χ0n) is 14.1. The standard InChI is InChI=1S/C18H19NO7/c1-23-18(22)11-2-4-15(14(6-11)19-8-12(21)9-20)26-13-3-5-16-17(7-13)25-10-24-16/h2-7,12,19-21H,8-10H2,1H3. The Labute approximate surface area is 149 Å². The number of hydrogen-bond acceptors (Lipinski definition) is 8. The third-order valence-corrected chi connectivity index (χ3v) is 3.71. The molecule has 8 heteroatoms. The van der Waals surface area contributed by atoms with Crippen molar-refractivity contribution in [3.63, 3.8) is 0 Å². The number of aliphatic hydroxyl groups excluding tert-OH is 2. The molecule has 3 rings (SSSR count). The van der Waals surface area contributed by atoms with Crippen LogP contribution >= 0.6 is 0 Å². The highest BCUT2D eigenvalue weighted by molar-refractivity contribution is 5.91. The quantitative estimate of drug-likeness (QED) is 0.641. The second-order valence-electron chi connectivity index (χ2n) is 5.54. The molecule has 0 saturated heterocycles. The van der Waals surface area contributed by atoms with Gasteiger partial charge >= 0.3 is 5.97 Å². The summed E-state index contributed by atoms with van der Waals surface area (Å²) in [4.78, 5) is 11.7. The van der Waals surface area contributed by atoms with Gasteiger partial charge in [-0.1, -0.05) is 0 Å². The predicted octanol–water partition coefficient (Wildman–Crippen LogP) is 1.76. The van der Waals surface area contributed by atoms with E-state index in [9.17, 15) is 9.90 Å². The Hall–Kier alpha value is -2.97. The molecule has 1 unspecified atom stereocenters. The van der Waals surface area contributed by atoms with E-state index in [0.717, 1.165) is 0 Å². The zero-order valence-corrected chi connectivity index (χ0v) is 14.1. The SMILES string of the molecule is COC(=O)c1ccc(Oc2ccc3c(c2)OCO3)c(NCC(O)CO)c1. The lowest BCUT2D eigenvalue weighted by molar-refractivity contribution is 0.0600. The van der Waals surface area contributed by atoms with E-state index in [-0.39, 0.29) is 19.9 Å². The summed E-state index contributed by atoms with van der Waals surface area (Å²) >= 11 is 0. The van der Waals surface area contributed by atoms with Gasteiger partial charge in [0.15, 0.2) is 17.2 Å². The fourth-order valence-electron chi connectivity index (χ4n) is 2.36. The van der Waals surface area contributed by atoms with Gasteiger partial charge in [-0.05, 0) is 30.3 Å². The van der Waals surface area contributed by atoms with E-state index in [1.54, 1.807) is 36.4 Å². The van der Waals surface area contributed by atoms with E-state index < -0.39 is 12.1 Å². The Morgan fingerprint density at radius 2 is 2.04 bits per heavy atom. The number of rotatable bonds is 7. The molecule has 0 aliphatic carbocycles. The minimum Gasteiger partial charge on any atom is -0.465 e. The lowest BCUT2D eigenvalue weighted by Crippen LogP contribution is -2.23. The zero-order chi connectivity index (χ0) is 18.5. The summed E-state index contributed by atoms with van der Waals surface area (Å²) < 4.78 is 21.2. The third kappa shape index (κ3) is 3.98. The summed E-state index contributed by atoms with van der Waals surface area (Å²) in [6, 6.07) is 9.91. The van der Waals surface area contributed by atoms with Crippen molar-refractivity contribution in [3.05, 3.63) is 42.0 Å². The highest BCUT2D eigenvalue weighted by Crippen LogP contribution is 2.38. The van der Waals surface area contributed by atoms with E-state index in [2.05, 4.69) is 5.32 Å². The predicted molar refractivity (Wildman–Crippen MR) is 92.0 cm³/mol. The first kappa shape index (κ1) is 17.8. The molecule has 3 N–H and O–H groups in total. The molecule has 1 atom stereocenters. The van der Waals surface area contributed by atoms with Crippen LogP contribution in [0.5, 0.6) is 23.0 Å². The molecule has 138 valence electrons. The second-order valence-corrected chi connectivity index (χ2v) is 5.54. The van der Waals surface area contributed by atoms with Gasteiger partial charge in [-0.15, -0.1) is 0 Å². The molecule has 1 aliphatic rings. The second kappa shape index (κ2) is 7.94. The molecule has 2 aromatic rings. The smallest absolute Gasteiger partial charge is 0.337 e. The Kier molecular flexibility index (Phi) is 5.45. The van der Waals surface area contributed by atoms with Crippen LogP contribution in [-0.2, 0) is 4.74 Å². The van der Waals surface area contributed by atoms with E-state index in [1.165, 1.54) is 7.11 Å². The number of anilines is 1. The maximum absolute atomic E-state index is 11.7. The summed E-state index contributed by atoms with van der Waals surface area (Å²) in [6.07, 6.45) is -0.949. The van der Waals surface area contributed by atoms with Gasteiger partial charge in [0.05, 0.1) is 31.1 Å².